The van der Waals surface area contributed by atoms with Crippen molar-refractivity contribution in [1.29, 1.82) is 5.26 Å². The van der Waals surface area contributed by atoms with E-state index >= 15 is 0 Å². The molecule has 0 aliphatic carbocycles. The minimum absolute atomic E-state index is 0.0262. The molecule has 3 rings (SSSR count). The molecule has 9 heteroatoms. The minimum atomic E-state index is -0.429. The molecule has 2 aromatic rings. The lowest BCUT2D eigenvalue weighted by Crippen LogP contribution is -2.54. The fourth-order valence-corrected chi connectivity index (χ4v) is 3.66. The molecule has 0 unspecified atom stereocenters. The number of hydrogen-bond donors (Lipinski definition) is 1. The summed E-state index contributed by atoms with van der Waals surface area (Å²) in [5.41, 5.74) is 0.720. The summed E-state index contributed by atoms with van der Waals surface area (Å²) in [6.07, 6.45) is 7.11. The van der Waals surface area contributed by atoms with Crippen LogP contribution in [-0.2, 0) is 14.3 Å². The molecule has 1 N–H and O–H groups in total. The first-order valence-electron chi connectivity index (χ1n) is 9.49. The quantitative estimate of drug-likeness (QED) is 0.583. The van der Waals surface area contributed by atoms with Crippen LogP contribution in [0.2, 0.25) is 0 Å². The van der Waals surface area contributed by atoms with Gasteiger partial charge in [-0.3, -0.25) is 4.79 Å². The number of likely N-dealkylation sites (tertiary alicyclic amines) is 1. The zero-order chi connectivity index (χ0) is 20.8. The van der Waals surface area contributed by atoms with E-state index in [-0.39, 0.29) is 24.3 Å². The molecule has 152 valence electrons. The molecule has 0 bridgehead atoms. The van der Waals surface area contributed by atoms with E-state index in [2.05, 4.69) is 31.5 Å². The van der Waals surface area contributed by atoms with Gasteiger partial charge in [-0.1, -0.05) is 13.0 Å². The van der Waals surface area contributed by atoms with E-state index in [0.29, 0.717) is 19.6 Å². The number of fused-ring (bicyclic) bond motifs is 1. The second-order valence-corrected chi connectivity index (χ2v) is 7.02. The van der Waals surface area contributed by atoms with Gasteiger partial charge in [-0.05, 0) is 18.4 Å². The molecule has 9 nitrogen and oxygen atoms in total. The maximum Gasteiger partial charge on any atom is 0.330 e. The number of piperidine rings is 1. The van der Waals surface area contributed by atoms with Gasteiger partial charge >= 0.3 is 5.97 Å². The van der Waals surface area contributed by atoms with E-state index in [9.17, 15) is 9.59 Å². The van der Waals surface area contributed by atoms with Crippen molar-refractivity contribution in [2.75, 3.05) is 31.6 Å². The average molecular weight is 396 g/mol. The fraction of sp³-hybridized carbons (Fsp3) is 0.450. The van der Waals surface area contributed by atoms with Crippen molar-refractivity contribution in [2.45, 2.75) is 25.8 Å². The molecule has 1 aliphatic rings. The van der Waals surface area contributed by atoms with E-state index < -0.39 is 5.97 Å². The van der Waals surface area contributed by atoms with Crippen LogP contribution in [0, 0.1) is 17.2 Å². The molecule has 0 radical (unpaired) electrons. The van der Waals surface area contributed by atoms with Crippen molar-refractivity contribution < 1.29 is 14.3 Å². The summed E-state index contributed by atoms with van der Waals surface area (Å²) >= 11 is 0. The SMILES string of the molecule is COC(=O)/C=C/CN(c1ncnc2[nH]ccc12)[C@H]1CN(C(=O)CC#N)CC[C@H]1C. The van der Waals surface area contributed by atoms with Crippen LogP contribution in [0.4, 0.5) is 5.82 Å². The molecule has 2 aromatic heterocycles. The second-order valence-electron chi connectivity index (χ2n) is 7.02. The Balaban J connectivity index is 1.94. The number of ether oxygens (including phenoxy) is 1. The highest BCUT2D eigenvalue weighted by Crippen LogP contribution is 2.30. The Morgan fingerprint density at radius 1 is 1.48 bits per heavy atom. The molecule has 1 aliphatic heterocycles. The van der Waals surface area contributed by atoms with Crippen molar-refractivity contribution in [2.24, 2.45) is 5.92 Å². The lowest BCUT2D eigenvalue weighted by molar-refractivity contribution is -0.135. The Morgan fingerprint density at radius 2 is 2.31 bits per heavy atom. The number of nitriles is 1. The van der Waals surface area contributed by atoms with E-state index in [1.54, 1.807) is 17.2 Å². The Morgan fingerprint density at radius 3 is 3.07 bits per heavy atom. The van der Waals surface area contributed by atoms with Gasteiger partial charge in [0.25, 0.3) is 0 Å². The zero-order valence-corrected chi connectivity index (χ0v) is 16.5. The zero-order valence-electron chi connectivity index (χ0n) is 16.5. The lowest BCUT2D eigenvalue weighted by atomic mass is 9.91. The number of aromatic nitrogens is 3. The van der Waals surface area contributed by atoms with Crippen LogP contribution in [0.5, 0.6) is 0 Å². The first-order valence-corrected chi connectivity index (χ1v) is 9.49. The van der Waals surface area contributed by atoms with Crippen molar-refractivity contribution in [3.05, 3.63) is 30.7 Å². The van der Waals surface area contributed by atoms with Crippen LogP contribution in [-0.4, -0.2) is 64.5 Å². The van der Waals surface area contributed by atoms with Crippen molar-refractivity contribution in [1.82, 2.24) is 19.9 Å². The number of H-pyrrole nitrogens is 1. The lowest BCUT2D eigenvalue weighted by Gasteiger charge is -2.43. The Kier molecular flexibility index (Phi) is 6.44. The van der Waals surface area contributed by atoms with E-state index in [1.807, 2.05) is 12.1 Å². The standard InChI is InChI=1S/C20H24N6O3/c1-14-7-11-25(17(27)5-8-21)12-16(14)26(10-3-4-18(28)29-2)20-15-6-9-22-19(15)23-13-24-20/h3-4,6,9,13-14,16H,5,7,10-12H2,1-2H3,(H,22,23,24)/b4-3+/t14-,16+/m1/s1. The number of hydrogen-bond acceptors (Lipinski definition) is 7. The average Bonchev–Trinajstić information content (AvgIpc) is 3.21. The number of carbonyl (C=O) groups is 2. The molecule has 0 spiro atoms. The predicted molar refractivity (Wildman–Crippen MR) is 107 cm³/mol. The van der Waals surface area contributed by atoms with Crippen molar-refractivity contribution >= 4 is 28.7 Å². The van der Waals surface area contributed by atoms with E-state index in [0.717, 1.165) is 23.3 Å². The van der Waals surface area contributed by atoms with Gasteiger partial charge in [0.15, 0.2) is 0 Å². The first kappa shape index (κ1) is 20.3. The van der Waals surface area contributed by atoms with Gasteiger partial charge in [0, 0.05) is 31.9 Å². The van der Waals surface area contributed by atoms with Crippen LogP contribution < -0.4 is 4.90 Å². The fourth-order valence-electron chi connectivity index (χ4n) is 3.66. The maximum atomic E-state index is 12.3. The highest BCUT2D eigenvalue weighted by molar-refractivity contribution is 5.88. The van der Waals surface area contributed by atoms with Crippen LogP contribution in [0.15, 0.2) is 30.7 Å². The van der Waals surface area contributed by atoms with E-state index in [1.165, 1.54) is 19.5 Å². The number of methoxy groups -OCH3 is 1. The van der Waals surface area contributed by atoms with Crippen LogP contribution in [0.25, 0.3) is 11.0 Å². The molecule has 1 saturated heterocycles. The first-order chi connectivity index (χ1) is 14.0. The van der Waals surface area contributed by atoms with Gasteiger partial charge in [-0.25, -0.2) is 14.8 Å². The summed E-state index contributed by atoms with van der Waals surface area (Å²) in [4.78, 5) is 39.5. The summed E-state index contributed by atoms with van der Waals surface area (Å²) in [5, 5.41) is 9.74. The number of amides is 1. The number of rotatable bonds is 6. The van der Waals surface area contributed by atoms with Crippen LogP contribution in [0.1, 0.15) is 19.8 Å². The Labute approximate surface area is 169 Å². The molecule has 1 fully saturated rings. The number of carbonyl (C=O) groups excluding carboxylic acids is 2. The molecule has 0 aromatic carbocycles. The number of aromatic amines is 1. The molecule has 1 amide bonds. The van der Waals surface area contributed by atoms with Gasteiger partial charge in [0.05, 0.1) is 24.6 Å². The predicted octanol–water partition coefficient (Wildman–Crippen LogP) is 1.64. The third kappa shape index (κ3) is 4.54. The van der Waals surface area contributed by atoms with E-state index in [4.69, 9.17) is 5.26 Å². The molecule has 0 saturated carbocycles. The van der Waals surface area contributed by atoms with Crippen LogP contribution >= 0.6 is 0 Å². The smallest absolute Gasteiger partial charge is 0.330 e. The highest BCUT2D eigenvalue weighted by Gasteiger charge is 2.33. The number of anilines is 1. The van der Waals surface area contributed by atoms with Gasteiger partial charge in [0.2, 0.25) is 5.91 Å². The monoisotopic (exact) mass is 396 g/mol. The summed E-state index contributed by atoms with van der Waals surface area (Å²) in [5.74, 6) is 0.430. The summed E-state index contributed by atoms with van der Waals surface area (Å²) in [6.45, 7) is 3.68. The Bertz CT molecular complexity index is 947. The summed E-state index contributed by atoms with van der Waals surface area (Å²) in [7, 11) is 1.33. The minimum Gasteiger partial charge on any atom is -0.466 e. The molecule has 3 heterocycles. The third-order valence-electron chi connectivity index (χ3n) is 5.26. The molecular weight excluding hydrogens is 372 g/mol. The maximum absolute atomic E-state index is 12.3. The van der Waals surface area contributed by atoms with Gasteiger partial charge in [0.1, 0.15) is 24.2 Å². The number of esters is 1. The molecule has 2 atom stereocenters. The summed E-state index contributed by atoms with van der Waals surface area (Å²) in [6, 6.07) is 3.82. The Hall–Kier alpha value is -3.41. The molecule has 29 heavy (non-hydrogen) atoms. The van der Waals surface area contributed by atoms with Gasteiger partial charge in [-0.15, -0.1) is 0 Å². The second kappa shape index (κ2) is 9.19. The largest absolute Gasteiger partial charge is 0.466 e. The molecular formula is C20H24N6O3. The summed E-state index contributed by atoms with van der Waals surface area (Å²) < 4.78 is 4.68. The van der Waals surface area contributed by atoms with Crippen molar-refractivity contribution in [3.8, 4) is 6.07 Å². The van der Waals surface area contributed by atoms with Gasteiger partial charge in [-0.2, -0.15) is 5.26 Å². The third-order valence-corrected chi connectivity index (χ3v) is 5.26. The number of nitrogens with one attached hydrogen (secondary N) is 1. The number of nitrogens with zero attached hydrogens (tertiary/aromatic N) is 5. The van der Waals surface area contributed by atoms with Gasteiger partial charge < -0.3 is 19.5 Å². The van der Waals surface area contributed by atoms with Crippen LogP contribution in [0.3, 0.4) is 0 Å². The topological polar surface area (TPSA) is 115 Å². The van der Waals surface area contributed by atoms with Crippen molar-refractivity contribution in [3.63, 3.8) is 0 Å². The normalized spacial score (nSPS) is 19.3. The highest BCUT2D eigenvalue weighted by atomic mass is 16.5.